The second-order valence-corrected chi connectivity index (χ2v) is 5.36. The summed E-state index contributed by atoms with van der Waals surface area (Å²) in [4.78, 5) is 0. The van der Waals surface area contributed by atoms with Gasteiger partial charge in [0.1, 0.15) is 0 Å². The Kier molecular flexibility index (Phi) is 10.1. The Morgan fingerprint density at radius 1 is 0.792 bits per heavy atom. The zero-order valence-electron chi connectivity index (χ0n) is 13.9. The molecule has 2 aliphatic carbocycles. The second-order valence-electron chi connectivity index (χ2n) is 5.36. The topological polar surface area (TPSA) is 0 Å². The van der Waals surface area contributed by atoms with Gasteiger partial charge in [-0.05, 0) is 81.4 Å². The normalized spacial score (nSPS) is 17.6. The number of allylic oxidation sites excluding steroid dienone is 4. The van der Waals surface area contributed by atoms with Crippen LogP contribution in [0, 0.1) is 63.7 Å². The van der Waals surface area contributed by atoms with E-state index in [1.807, 2.05) is 70.1 Å². The fraction of sp³-hybridized carbons (Fsp3) is 0.0435. The molecule has 0 N–H and O–H groups in total. The molecule has 0 amide bonds. The van der Waals surface area contributed by atoms with E-state index in [1.165, 1.54) is 5.92 Å². The number of benzene rings is 1. The number of hydrogen-bond donors (Lipinski definition) is 0. The van der Waals surface area contributed by atoms with Crippen LogP contribution in [0.15, 0.2) is 60.7 Å². The van der Waals surface area contributed by atoms with Crippen molar-refractivity contribution < 1.29 is 17.1 Å². The first-order valence-electron chi connectivity index (χ1n) is 7.69. The van der Waals surface area contributed by atoms with Crippen molar-refractivity contribution >= 4 is 5.57 Å². The van der Waals surface area contributed by atoms with Crippen LogP contribution in [0.5, 0.6) is 0 Å². The maximum Gasteiger partial charge on any atom is 2.00 e. The molecule has 0 atom stereocenters. The van der Waals surface area contributed by atoms with Crippen molar-refractivity contribution in [2.24, 2.45) is 0 Å². The van der Waals surface area contributed by atoms with Crippen LogP contribution in [-0.4, -0.2) is 0 Å². The predicted molar refractivity (Wildman–Crippen MR) is 100 cm³/mol. The fourth-order valence-electron chi connectivity index (χ4n) is 2.24. The third-order valence-corrected chi connectivity index (χ3v) is 3.46. The quantitative estimate of drug-likeness (QED) is 0.486. The van der Waals surface area contributed by atoms with Crippen LogP contribution in [-0.2, 0) is 17.1 Å². The molecular formula is C23H22Fe+2. The molecule has 0 spiro atoms. The Morgan fingerprint density at radius 2 is 1.29 bits per heavy atom. The van der Waals surface area contributed by atoms with Crippen molar-refractivity contribution in [3.8, 4) is 0 Å². The molecule has 24 heavy (non-hydrogen) atoms. The third kappa shape index (κ3) is 6.83. The summed E-state index contributed by atoms with van der Waals surface area (Å²) in [5.74, 6) is 1.19. The molecule has 0 unspecified atom stereocenters. The molecule has 1 aromatic carbocycles. The first-order chi connectivity index (χ1) is 11.2. The van der Waals surface area contributed by atoms with Crippen LogP contribution in [0.2, 0.25) is 0 Å². The van der Waals surface area contributed by atoms with Gasteiger partial charge in [0.05, 0.1) is 0 Å². The minimum atomic E-state index is 0. The monoisotopic (exact) mass is 354 g/mol. The van der Waals surface area contributed by atoms with Crippen molar-refractivity contribution in [1.29, 1.82) is 0 Å². The van der Waals surface area contributed by atoms with E-state index in [9.17, 15) is 0 Å². The standard InChI is InChI=1S/C18H17.C5H5.Fe/c1-14(2)18(13-16-9-7-8-10-16)15(3)17-11-5-4-6-12-17;1-2-4-5-3-1;/h4-13H,1,3H2,2H3;1-5H;/q;;+2/b18-13+;;. The van der Waals surface area contributed by atoms with E-state index in [1.54, 1.807) is 0 Å². The van der Waals surface area contributed by atoms with Crippen LogP contribution in [0.25, 0.3) is 5.57 Å². The molecule has 3 rings (SSSR count). The summed E-state index contributed by atoms with van der Waals surface area (Å²) in [6.45, 7) is 10.3. The summed E-state index contributed by atoms with van der Waals surface area (Å²) < 4.78 is 0. The van der Waals surface area contributed by atoms with Crippen LogP contribution < -0.4 is 0 Å². The first-order valence-corrected chi connectivity index (χ1v) is 7.69. The van der Waals surface area contributed by atoms with E-state index in [0.717, 1.165) is 22.3 Å². The van der Waals surface area contributed by atoms with Gasteiger partial charge < -0.3 is 0 Å². The van der Waals surface area contributed by atoms with E-state index in [-0.39, 0.29) is 17.1 Å². The first kappa shape index (κ1) is 21.0. The Balaban J connectivity index is 0.000000412. The molecule has 0 bridgehead atoms. The van der Waals surface area contributed by atoms with E-state index in [4.69, 9.17) is 0 Å². The van der Waals surface area contributed by atoms with Gasteiger partial charge in [-0.2, -0.15) is 0 Å². The van der Waals surface area contributed by atoms with Crippen molar-refractivity contribution in [1.82, 2.24) is 0 Å². The predicted octanol–water partition coefficient (Wildman–Crippen LogP) is 5.63. The molecule has 120 valence electrons. The van der Waals surface area contributed by atoms with Gasteiger partial charge in [-0.15, -0.1) is 0 Å². The van der Waals surface area contributed by atoms with Gasteiger partial charge in [-0.3, -0.25) is 0 Å². The Bertz CT molecular complexity index is 521. The van der Waals surface area contributed by atoms with Gasteiger partial charge in [0.2, 0.25) is 0 Å². The molecule has 0 nitrogen and oxygen atoms in total. The molecule has 0 heterocycles. The molecule has 0 saturated heterocycles. The summed E-state index contributed by atoms with van der Waals surface area (Å²) >= 11 is 0. The molecule has 1 aromatic rings. The van der Waals surface area contributed by atoms with Gasteiger partial charge >= 0.3 is 17.1 Å². The SMILES string of the molecule is C=C(C)/C(=C\[C]1[CH][CH][CH][CH]1)C(=C)c1ccccc1.[CH]1[CH][CH][CH][CH]1.[Fe+2]. The average Bonchev–Trinajstić information content (AvgIpc) is 3.28. The summed E-state index contributed by atoms with van der Waals surface area (Å²) in [6.07, 6.45) is 20.4. The van der Waals surface area contributed by atoms with Gasteiger partial charge in [0.15, 0.2) is 0 Å². The molecule has 10 radical (unpaired) electrons. The van der Waals surface area contributed by atoms with E-state index >= 15 is 0 Å². The molecule has 0 aromatic heterocycles. The molecular weight excluding hydrogens is 332 g/mol. The second kappa shape index (κ2) is 11.5. The zero-order chi connectivity index (χ0) is 16.5. The summed E-state index contributed by atoms with van der Waals surface area (Å²) in [6, 6.07) is 10.2. The van der Waals surface area contributed by atoms with Crippen molar-refractivity contribution in [3.63, 3.8) is 0 Å². The van der Waals surface area contributed by atoms with Crippen molar-refractivity contribution in [2.75, 3.05) is 0 Å². The maximum absolute atomic E-state index is 4.20. The third-order valence-electron chi connectivity index (χ3n) is 3.46. The smallest absolute Gasteiger partial charge is 0.0955 e. The Hall–Kier alpha value is -1.04. The fourth-order valence-corrected chi connectivity index (χ4v) is 2.24. The van der Waals surface area contributed by atoms with Gasteiger partial charge in [-0.1, -0.05) is 55.1 Å². The van der Waals surface area contributed by atoms with Crippen molar-refractivity contribution in [3.05, 3.63) is 130 Å². The number of rotatable bonds is 4. The molecule has 2 aliphatic rings. The van der Waals surface area contributed by atoms with Crippen LogP contribution >= 0.6 is 0 Å². The van der Waals surface area contributed by atoms with E-state index in [2.05, 4.69) is 44.2 Å². The minimum absolute atomic E-state index is 0. The molecule has 1 heteroatoms. The molecule has 2 fully saturated rings. The minimum Gasteiger partial charge on any atom is -0.0955 e. The van der Waals surface area contributed by atoms with Gasteiger partial charge in [-0.25, -0.2) is 0 Å². The Labute approximate surface area is 159 Å². The van der Waals surface area contributed by atoms with Crippen molar-refractivity contribution in [2.45, 2.75) is 6.92 Å². The summed E-state index contributed by atoms with van der Waals surface area (Å²) in [5.41, 5.74) is 4.29. The van der Waals surface area contributed by atoms with Crippen LogP contribution in [0.4, 0.5) is 0 Å². The van der Waals surface area contributed by atoms with Crippen LogP contribution in [0.1, 0.15) is 12.5 Å². The van der Waals surface area contributed by atoms with Gasteiger partial charge in [0, 0.05) is 5.92 Å². The Morgan fingerprint density at radius 3 is 1.75 bits per heavy atom. The molecule has 2 saturated carbocycles. The van der Waals surface area contributed by atoms with Crippen LogP contribution in [0.3, 0.4) is 0 Å². The summed E-state index contributed by atoms with van der Waals surface area (Å²) in [5, 5.41) is 0. The zero-order valence-corrected chi connectivity index (χ0v) is 15.0. The maximum atomic E-state index is 4.20. The average molecular weight is 354 g/mol. The number of hydrogen-bond acceptors (Lipinski definition) is 0. The van der Waals surface area contributed by atoms with E-state index in [0.29, 0.717) is 0 Å². The largest absolute Gasteiger partial charge is 2.00 e. The van der Waals surface area contributed by atoms with Gasteiger partial charge in [0.25, 0.3) is 0 Å². The summed E-state index contributed by atoms with van der Waals surface area (Å²) in [7, 11) is 0. The van der Waals surface area contributed by atoms with E-state index < -0.39 is 0 Å². The molecule has 0 aliphatic heterocycles.